The van der Waals surface area contributed by atoms with Gasteiger partial charge in [-0.05, 0) is 17.5 Å². The van der Waals surface area contributed by atoms with Crippen molar-refractivity contribution in [2.75, 3.05) is 5.73 Å². The molecule has 0 fully saturated rings. The summed E-state index contributed by atoms with van der Waals surface area (Å²) < 4.78 is 55.1. The summed E-state index contributed by atoms with van der Waals surface area (Å²) in [7, 11) is 1.40. The molecule has 0 unspecified atom stereocenters. The third-order valence-corrected chi connectivity index (χ3v) is 3.57. The number of nitrogens with zero attached hydrogens (tertiary/aromatic N) is 3. The molecule has 5 nitrogen and oxygen atoms in total. The van der Waals surface area contributed by atoms with Gasteiger partial charge in [0.2, 0.25) is 0 Å². The number of hydrogen-bond donors (Lipinski definition) is 1. The van der Waals surface area contributed by atoms with Crippen molar-refractivity contribution in [1.29, 1.82) is 0 Å². The van der Waals surface area contributed by atoms with Gasteiger partial charge in [0.15, 0.2) is 17.5 Å². The molecule has 0 aliphatic rings. The van der Waals surface area contributed by atoms with Gasteiger partial charge < -0.3 is 10.3 Å². The smallest absolute Gasteiger partial charge is 0.268 e. The number of benzene rings is 1. The minimum Gasteiger partial charge on any atom is -0.383 e. The molecule has 0 aliphatic carbocycles. The predicted molar refractivity (Wildman–Crippen MR) is 79.5 cm³/mol. The Kier molecular flexibility index (Phi) is 3.70. The number of alkyl halides is 2. The van der Waals surface area contributed by atoms with E-state index in [0.717, 1.165) is 10.8 Å². The van der Waals surface area contributed by atoms with E-state index >= 15 is 0 Å². The van der Waals surface area contributed by atoms with E-state index in [1.165, 1.54) is 25.4 Å². The zero-order valence-corrected chi connectivity index (χ0v) is 12.2. The number of nitrogen functional groups attached to an aromatic ring is 1. The summed E-state index contributed by atoms with van der Waals surface area (Å²) in [6, 6.07) is 2.59. The number of nitrogens with two attached hydrogens (primary N) is 1. The fraction of sp³-hybridized carbons (Fsp3) is 0.133. The maximum absolute atomic E-state index is 14.3. The molecule has 9 heteroatoms. The molecule has 0 radical (unpaired) electrons. The largest absolute Gasteiger partial charge is 0.383 e. The molecule has 2 N–H and O–H groups in total. The third kappa shape index (κ3) is 2.38. The first-order valence-electron chi connectivity index (χ1n) is 6.69. The first-order valence-corrected chi connectivity index (χ1v) is 6.69. The van der Waals surface area contributed by atoms with Gasteiger partial charge in [0, 0.05) is 19.4 Å². The molecule has 0 bridgehead atoms. The van der Waals surface area contributed by atoms with Crippen LogP contribution >= 0.6 is 0 Å². The summed E-state index contributed by atoms with van der Waals surface area (Å²) in [5.74, 6) is -3.59. The van der Waals surface area contributed by atoms with Crippen LogP contribution in [0.25, 0.3) is 22.2 Å². The Morgan fingerprint density at radius 2 is 1.96 bits per heavy atom. The van der Waals surface area contributed by atoms with Crippen molar-refractivity contribution < 1.29 is 17.6 Å². The summed E-state index contributed by atoms with van der Waals surface area (Å²) >= 11 is 0. The van der Waals surface area contributed by atoms with Gasteiger partial charge in [0.05, 0.1) is 16.5 Å². The summed E-state index contributed by atoms with van der Waals surface area (Å²) in [6.45, 7) is 0. The van der Waals surface area contributed by atoms with Crippen LogP contribution in [-0.2, 0) is 7.05 Å². The van der Waals surface area contributed by atoms with Crippen molar-refractivity contribution in [1.82, 2.24) is 14.5 Å². The molecule has 3 aromatic rings. The number of hydrogen-bond acceptors (Lipinski definition) is 4. The topological polar surface area (TPSA) is 73.8 Å². The van der Waals surface area contributed by atoms with Crippen LogP contribution in [0.15, 0.2) is 29.3 Å². The second-order valence-electron chi connectivity index (χ2n) is 5.08. The lowest BCUT2D eigenvalue weighted by Crippen LogP contribution is -2.17. The van der Waals surface area contributed by atoms with Gasteiger partial charge in [-0.2, -0.15) is 0 Å². The highest BCUT2D eigenvalue weighted by Crippen LogP contribution is 2.29. The van der Waals surface area contributed by atoms with E-state index in [4.69, 9.17) is 5.73 Å². The lowest BCUT2D eigenvalue weighted by Gasteiger charge is -2.09. The quantitative estimate of drug-likeness (QED) is 0.729. The number of pyridine rings is 1. The molecular formula is C15H10F4N4O. The van der Waals surface area contributed by atoms with Crippen LogP contribution in [0.4, 0.5) is 23.4 Å². The van der Waals surface area contributed by atoms with Gasteiger partial charge in [0.25, 0.3) is 12.0 Å². The lowest BCUT2D eigenvalue weighted by atomic mass is 10.1. The Hall–Kier alpha value is -2.97. The van der Waals surface area contributed by atoms with E-state index in [2.05, 4.69) is 9.97 Å². The van der Waals surface area contributed by atoms with Crippen LogP contribution in [0.3, 0.4) is 0 Å². The van der Waals surface area contributed by atoms with Gasteiger partial charge >= 0.3 is 0 Å². The molecule has 24 heavy (non-hydrogen) atoms. The summed E-state index contributed by atoms with van der Waals surface area (Å²) in [5, 5.41) is -0.287. The van der Waals surface area contributed by atoms with E-state index in [1.807, 2.05) is 0 Å². The minimum atomic E-state index is -2.89. The van der Waals surface area contributed by atoms with E-state index in [0.29, 0.717) is 0 Å². The standard InChI is InChI=1S/C15H10F4N4O/c1-23-3-2-6-4-7(10(16)11(17)9(6)15(23)24)14-21-5-8(12(18)19)13(20)22-14/h2-5,12H,1H3,(H2,20,21,22). The van der Waals surface area contributed by atoms with Gasteiger partial charge in [-0.1, -0.05) is 0 Å². The molecule has 124 valence electrons. The molecule has 2 heterocycles. The average molecular weight is 338 g/mol. The van der Waals surface area contributed by atoms with Crippen molar-refractivity contribution in [2.45, 2.75) is 6.43 Å². The zero-order chi connectivity index (χ0) is 17.6. The number of fused-ring (bicyclic) bond motifs is 1. The summed E-state index contributed by atoms with van der Waals surface area (Å²) in [4.78, 5) is 19.2. The monoisotopic (exact) mass is 338 g/mol. The second-order valence-corrected chi connectivity index (χ2v) is 5.08. The zero-order valence-electron chi connectivity index (χ0n) is 12.2. The van der Waals surface area contributed by atoms with Gasteiger partial charge in [-0.3, -0.25) is 4.79 Å². The highest BCUT2D eigenvalue weighted by Gasteiger charge is 2.21. The number of halogens is 4. The minimum absolute atomic E-state index is 0.132. The van der Waals surface area contributed by atoms with Crippen LogP contribution in [0.5, 0.6) is 0 Å². The molecule has 0 saturated heterocycles. The Morgan fingerprint density at radius 3 is 2.58 bits per heavy atom. The number of anilines is 1. The average Bonchev–Trinajstić information content (AvgIpc) is 2.53. The van der Waals surface area contributed by atoms with Crippen molar-refractivity contribution in [3.63, 3.8) is 0 Å². The Morgan fingerprint density at radius 1 is 1.25 bits per heavy atom. The number of rotatable bonds is 2. The number of aryl methyl sites for hydroxylation is 1. The van der Waals surface area contributed by atoms with Crippen molar-refractivity contribution in [3.05, 3.63) is 52.1 Å². The highest BCUT2D eigenvalue weighted by atomic mass is 19.3. The maximum atomic E-state index is 14.3. The van der Waals surface area contributed by atoms with Crippen LogP contribution in [0.2, 0.25) is 0 Å². The highest BCUT2D eigenvalue weighted by molar-refractivity contribution is 5.86. The number of aromatic nitrogens is 3. The predicted octanol–water partition coefficient (Wildman–Crippen LogP) is 2.79. The molecule has 0 aliphatic heterocycles. The third-order valence-electron chi connectivity index (χ3n) is 3.57. The normalized spacial score (nSPS) is 11.4. The Labute approximate surface area is 132 Å². The Balaban J connectivity index is 2.28. The van der Waals surface area contributed by atoms with Crippen LogP contribution < -0.4 is 11.3 Å². The molecule has 0 spiro atoms. The molecule has 0 atom stereocenters. The molecule has 0 saturated carbocycles. The fourth-order valence-corrected chi connectivity index (χ4v) is 2.30. The Bertz CT molecular complexity index is 1020. The summed E-state index contributed by atoms with van der Waals surface area (Å²) in [6.07, 6.45) is -0.741. The van der Waals surface area contributed by atoms with Crippen molar-refractivity contribution >= 4 is 16.6 Å². The maximum Gasteiger partial charge on any atom is 0.268 e. The second kappa shape index (κ2) is 5.59. The van der Waals surface area contributed by atoms with E-state index in [-0.39, 0.29) is 16.8 Å². The lowest BCUT2D eigenvalue weighted by molar-refractivity contribution is 0.151. The fourth-order valence-electron chi connectivity index (χ4n) is 2.30. The molecule has 0 amide bonds. The van der Waals surface area contributed by atoms with E-state index in [1.54, 1.807) is 0 Å². The molecule has 2 aromatic heterocycles. The first kappa shape index (κ1) is 15.9. The van der Waals surface area contributed by atoms with E-state index in [9.17, 15) is 22.4 Å². The molecule has 1 aromatic carbocycles. The van der Waals surface area contributed by atoms with Crippen molar-refractivity contribution in [2.24, 2.45) is 7.05 Å². The van der Waals surface area contributed by atoms with Gasteiger partial charge in [0.1, 0.15) is 5.82 Å². The summed E-state index contributed by atoms with van der Waals surface area (Å²) in [5.41, 5.74) is 3.72. The first-order chi connectivity index (χ1) is 11.3. The van der Waals surface area contributed by atoms with Crippen molar-refractivity contribution in [3.8, 4) is 11.4 Å². The van der Waals surface area contributed by atoms with Gasteiger partial charge in [-0.25, -0.2) is 27.5 Å². The SMILES string of the molecule is Cn1ccc2cc(-c3ncc(C(F)F)c(N)n3)c(F)c(F)c2c1=O. The molecule has 3 rings (SSSR count). The van der Waals surface area contributed by atoms with Crippen LogP contribution in [-0.4, -0.2) is 14.5 Å². The molecular weight excluding hydrogens is 328 g/mol. The van der Waals surface area contributed by atoms with Gasteiger partial charge in [-0.15, -0.1) is 0 Å². The van der Waals surface area contributed by atoms with Crippen LogP contribution in [0, 0.1) is 11.6 Å². The van der Waals surface area contributed by atoms with Crippen LogP contribution in [0.1, 0.15) is 12.0 Å². The van der Waals surface area contributed by atoms with E-state index < -0.39 is 40.4 Å².